The normalized spacial score (nSPS) is 30.4. The molecule has 1 saturated carbocycles. The van der Waals surface area contributed by atoms with E-state index in [-0.39, 0.29) is 5.38 Å². The fourth-order valence-corrected chi connectivity index (χ4v) is 7.43. The molecular weight excluding hydrogens is 464 g/mol. The first-order valence-electron chi connectivity index (χ1n) is 13.1. The summed E-state index contributed by atoms with van der Waals surface area (Å²) in [5.41, 5.74) is 0.548. The molecule has 3 aliphatic carbocycles. The molecule has 0 heterocycles. The van der Waals surface area contributed by atoms with Crippen molar-refractivity contribution in [1.29, 1.82) is 0 Å². The molecule has 0 spiro atoms. The summed E-state index contributed by atoms with van der Waals surface area (Å²) < 4.78 is 5.09. The number of carbonyl (C=O) groups is 2. The molecule has 188 valence electrons. The predicted molar refractivity (Wildman–Crippen MR) is 144 cm³/mol. The van der Waals surface area contributed by atoms with Gasteiger partial charge >= 0.3 is 5.97 Å². The molecule has 0 aliphatic heterocycles. The van der Waals surface area contributed by atoms with Gasteiger partial charge in [0.25, 0.3) is 0 Å². The molecule has 0 amide bonds. The monoisotopic (exact) mass is 504 g/mol. The van der Waals surface area contributed by atoms with Gasteiger partial charge in [-0.3, -0.25) is 4.79 Å². The van der Waals surface area contributed by atoms with Crippen LogP contribution < -0.4 is 0 Å². The van der Waals surface area contributed by atoms with Crippen LogP contribution >= 0.6 is 23.4 Å². The average Bonchev–Trinajstić information content (AvgIpc) is 2.85. The van der Waals surface area contributed by atoms with Gasteiger partial charge in [0, 0.05) is 15.9 Å². The number of thioether (sulfide) groups is 1. The second-order valence-corrected chi connectivity index (χ2v) is 12.4. The topological polar surface area (TPSA) is 43.4 Å². The highest BCUT2D eigenvalue weighted by molar-refractivity contribution is 8.00. The Balaban J connectivity index is 1.37. The number of halogens is 1. The van der Waals surface area contributed by atoms with Crippen molar-refractivity contribution in [2.75, 3.05) is 6.61 Å². The van der Waals surface area contributed by atoms with Gasteiger partial charge in [-0.25, -0.2) is 0 Å². The third-order valence-electron chi connectivity index (χ3n) is 7.53. The van der Waals surface area contributed by atoms with Gasteiger partial charge in [-0.2, -0.15) is 11.8 Å². The van der Waals surface area contributed by atoms with Crippen LogP contribution in [0.5, 0.6) is 0 Å². The van der Waals surface area contributed by atoms with Gasteiger partial charge in [-0.1, -0.05) is 54.5 Å². The van der Waals surface area contributed by atoms with Crippen molar-refractivity contribution < 1.29 is 14.3 Å². The third kappa shape index (κ3) is 8.16. The van der Waals surface area contributed by atoms with Crippen molar-refractivity contribution in [2.24, 2.45) is 17.3 Å². The van der Waals surface area contributed by atoms with Crippen LogP contribution in [0.2, 0.25) is 0 Å². The van der Waals surface area contributed by atoms with E-state index in [0.717, 1.165) is 32.0 Å². The van der Waals surface area contributed by atoms with Crippen molar-refractivity contribution in [2.45, 2.75) is 93.9 Å². The maximum atomic E-state index is 12.1. The Morgan fingerprint density at radius 1 is 1.24 bits per heavy atom. The van der Waals surface area contributed by atoms with Crippen LogP contribution in [-0.2, 0) is 14.3 Å². The van der Waals surface area contributed by atoms with Crippen LogP contribution in [0.25, 0.3) is 0 Å². The summed E-state index contributed by atoms with van der Waals surface area (Å²) in [6, 6.07) is 0. The lowest BCUT2D eigenvalue weighted by atomic mass is 9.81. The number of esters is 1. The smallest absolute Gasteiger partial charge is 0.319 e. The van der Waals surface area contributed by atoms with E-state index in [1.807, 2.05) is 0 Å². The van der Waals surface area contributed by atoms with Crippen molar-refractivity contribution in [1.82, 2.24) is 0 Å². The highest BCUT2D eigenvalue weighted by Gasteiger charge is 2.35. The number of aldehydes is 1. The minimum absolute atomic E-state index is 0.171. The van der Waals surface area contributed by atoms with Crippen molar-refractivity contribution in [3.63, 3.8) is 0 Å². The Morgan fingerprint density at radius 2 is 2.09 bits per heavy atom. The second kappa shape index (κ2) is 13.7. The summed E-state index contributed by atoms with van der Waals surface area (Å²) in [6.45, 7) is 3.76. The molecule has 0 N–H and O–H groups in total. The molecule has 3 aliphatic rings. The van der Waals surface area contributed by atoms with Crippen LogP contribution in [0.3, 0.4) is 0 Å². The Kier molecular flexibility index (Phi) is 11.0. The van der Waals surface area contributed by atoms with E-state index < -0.39 is 11.4 Å². The Hall–Kier alpha value is -1.26. The standard InChI is InChI=1S/C29H41ClO3S/c1-3-33-28(32)29(2,21-31)18-8-12-24-16-17-26(20-27(24)30)34-25-13-7-11-23(19-25)15-14-22-9-5-4-6-10-22/h4-7,9,11,13,21-22,24-27H,3,8,10,12,14-20H2,1-2H3. The first-order chi connectivity index (χ1) is 16.4. The fourth-order valence-electron chi connectivity index (χ4n) is 5.28. The van der Waals surface area contributed by atoms with Crippen LogP contribution in [0, 0.1) is 17.3 Å². The minimum atomic E-state index is -1.03. The quantitative estimate of drug-likeness (QED) is 0.119. The van der Waals surface area contributed by atoms with Crippen LogP contribution in [-0.4, -0.2) is 34.7 Å². The van der Waals surface area contributed by atoms with Gasteiger partial charge in [-0.05, 0) is 83.5 Å². The summed E-state index contributed by atoms with van der Waals surface area (Å²) in [6.07, 6.45) is 27.1. The summed E-state index contributed by atoms with van der Waals surface area (Å²) in [4.78, 5) is 23.6. The van der Waals surface area contributed by atoms with Gasteiger partial charge in [-0.15, -0.1) is 11.6 Å². The lowest BCUT2D eigenvalue weighted by Gasteiger charge is -2.34. The second-order valence-electron chi connectivity index (χ2n) is 10.3. The van der Waals surface area contributed by atoms with Gasteiger partial charge in [0.1, 0.15) is 11.7 Å². The third-order valence-corrected chi connectivity index (χ3v) is 9.55. The molecular formula is C29H41ClO3S. The number of rotatable bonds is 12. The first-order valence-corrected chi connectivity index (χ1v) is 14.4. The van der Waals surface area contributed by atoms with Crippen molar-refractivity contribution in [3.8, 4) is 0 Å². The molecule has 0 aromatic rings. The van der Waals surface area contributed by atoms with Gasteiger partial charge in [0.05, 0.1) is 6.61 Å². The van der Waals surface area contributed by atoms with Crippen molar-refractivity contribution in [3.05, 3.63) is 48.1 Å². The van der Waals surface area contributed by atoms with Crippen LogP contribution in [0.1, 0.15) is 78.1 Å². The molecule has 5 heteroatoms. The van der Waals surface area contributed by atoms with E-state index in [1.165, 1.54) is 32.1 Å². The van der Waals surface area contributed by atoms with Gasteiger partial charge in [0.15, 0.2) is 0 Å². The molecule has 3 rings (SSSR count). The Morgan fingerprint density at radius 3 is 2.79 bits per heavy atom. The molecule has 0 saturated heterocycles. The zero-order valence-electron chi connectivity index (χ0n) is 20.8. The maximum Gasteiger partial charge on any atom is 0.319 e. The molecule has 0 radical (unpaired) electrons. The number of hydrogen-bond donors (Lipinski definition) is 0. The molecule has 0 bridgehead atoms. The molecule has 0 aromatic carbocycles. The molecule has 6 unspecified atom stereocenters. The number of alkyl halides is 1. The van der Waals surface area contributed by atoms with E-state index in [9.17, 15) is 9.59 Å². The number of ether oxygens (including phenoxy) is 1. The summed E-state index contributed by atoms with van der Waals surface area (Å²) in [5.74, 6) is 0.747. The van der Waals surface area contributed by atoms with E-state index in [4.69, 9.17) is 16.3 Å². The fraction of sp³-hybridized carbons (Fsp3) is 0.655. The van der Waals surface area contributed by atoms with Crippen LogP contribution in [0.15, 0.2) is 48.1 Å². The minimum Gasteiger partial charge on any atom is -0.465 e. The molecule has 6 atom stereocenters. The van der Waals surface area contributed by atoms with Gasteiger partial charge < -0.3 is 9.53 Å². The lowest BCUT2D eigenvalue weighted by Crippen LogP contribution is -2.32. The van der Waals surface area contributed by atoms with E-state index in [1.54, 1.807) is 19.4 Å². The molecule has 34 heavy (non-hydrogen) atoms. The molecule has 3 nitrogen and oxygen atoms in total. The number of carbonyl (C=O) groups excluding carboxylic acids is 2. The Bertz CT molecular complexity index is 801. The van der Waals surface area contributed by atoms with Crippen molar-refractivity contribution >= 4 is 35.6 Å². The number of allylic oxidation sites excluding steroid dienone is 7. The lowest BCUT2D eigenvalue weighted by molar-refractivity contribution is -0.156. The SMILES string of the molecule is CCOC(=O)C(C)(C=O)CCCC1CCC(SC2C=CC=C(CCC3C=CC=CC3)C2)CC1Cl. The van der Waals surface area contributed by atoms with Crippen LogP contribution in [0.4, 0.5) is 0 Å². The van der Waals surface area contributed by atoms with E-state index in [2.05, 4.69) is 54.3 Å². The zero-order chi connectivity index (χ0) is 24.4. The highest BCUT2D eigenvalue weighted by atomic mass is 35.5. The zero-order valence-corrected chi connectivity index (χ0v) is 22.4. The predicted octanol–water partition coefficient (Wildman–Crippen LogP) is 7.60. The van der Waals surface area contributed by atoms with E-state index >= 15 is 0 Å². The van der Waals surface area contributed by atoms with Gasteiger partial charge in [0.2, 0.25) is 0 Å². The first kappa shape index (κ1) is 27.3. The largest absolute Gasteiger partial charge is 0.465 e. The highest BCUT2D eigenvalue weighted by Crippen LogP contribution is 2.41. The average molecular weight is 505 g/mol. The summed E-state index contributed by atoms with van der Waals surface area (Å²) in [5, 5.41) is 1.34. The maximum absolute atomic E-state index is 12.1. The molecule has 1 fully saturated rings. The summed E-state index contributed by atoms with van der Waals surface area (Å²) >= 11 is 8.95. The van der Waals surface area contributed by atoms with E-state index in [0.29, 0.717) is 35.4 Å². The number of hydrogen-bond acceptors (Lipinski definition) is 4. The Labute approximate surface area is 215 Å². The summed E-state index contributed by atoms with van der Waals surface area (Å²) in [7, 11) is 0. The molecule has 0 aromatic heterocycles.